The summed E-state index contributed by atoms with van der Waals surface area (Å²) in [6.45, 7) is 0. The summed E-state index contributed by atoms with van der Waals surface area (Å²) in [6.07, 6.45) is 3.88. The largest absolute Gasteiger partial charge is 0.388 e. The van der Waals surface area contributed by atoms with Crippen LogP contribution in [0.2, 0.25) is 0 Å². The number of anilines is 1. The van der Waals surface area contributed by atoms with Crippen molar-refractivity contribution in [3.8, 4) is 0 Å². The summed E-state index contributed by atoms with van der Waals surface area (Å²) < 4.78 is 0. The van der Waals surface area contributed by atoms with Gasteiger partial charge in [-0.25, -0.2) is 0 Å². The SMILES string of the molecule is CNc1ccc2c(c1)CCC2. The van der Waals surface area contributed by atoms with Gasteiger partial charge in [-0.05, 0) is 42.5 Å². The minimum atomic E-state index is 1.24. The maximum atomic E-state index is 3.16. The first-order valence-electron chi connectivity index (χ1n) is 4.20. The van der Waals surface area contributed by atoms with Crippen LogP contribution >= 0.6 is 0 Å². The quantitative estimate of drug-likeness (QED) is 0.642. The zero-order valence-electron chi connectivity index (χ0n) is 6.85. The molecule has 1 N–H and O–H groups in total. The minimum absolute atomic E-state index is 1.24. The second kappa shape index (κ2) is 2.57. The fourth-order valence-corrected chi connectivity index (χ4v) is 1.73. The van der Waals surface area contributed by atoms with Crippen molar-refractivity contribution >= 4 is 5.69 Å². The highest BCUT2D eigenvalue weighted by atomic mass is 14.8. The van der Waals surface area contributed by atoms with Crippen LogP contribution in [0.15, 0.2) is 18.2 Å². The zero-order valence-corrected chi connectivity index (χ0v) is 6.85. The van der Waals surface area contributed by atoms with Gasteiger partial charge in [-0.1, -0.05) is 6.07 Å². The van der Waals surface area contributed by atoms with Crippen molar-refractivity contribution in [3.63, 3.8) is 0 Å². The number of benzene rings is 1. The van der Waals surface area contributed by atoms with E-state index in [0.29, 0.717) is 0 Å². The van der Waals surface area contributed by atoms with Gasteiger partial charge >= 0.3 is 0 Å². The van der Waals surface area contributed by atoms with Crippen LogP contribution in [0.1, 0.15) is 17.5 Å². The third-order valence-electron chi connectivity index (χ3n) is 2.39. The highest BCUT2D eigenvalue weighted by Crippen LogP contribution is 2.24. The number of rotatable bonds is 1. The van der Waals surface area contributed by atoms with Crippen molar-refractivity contribution in [1.82, 2.24) is 0 Å². The maximum absolute atomic E-state index is 3.16. The molecule has 0 spiro atoms. The molecule has 58 valence electrons. The lowest BCUT2D eigenvalue weighted by molar-refractivity contribution is 0.912. The third-order valence-corrected chi connectivity index (χ3v) is 2.39. The standard InChI is InChI=1S/C10H13N/c1-11-10-6-5-8-3-2-4-9(8)7-10/h5-7,11H,2-4H2,1H3. The normalized spacial score (nSPS) is 14.6. The molecule has 2 rings (SSSR count). The molecule has 1 nitrogen and oxygen atoms in total. The van der Waals surface area contributed by atoms with Crippen LogP contribution in [0.4, 0.5) is 5.69 Å². The number of nitrogens with one attached hydrogen (secondary N) is 1. The molecule has 0 amide bonds. The van der Waals surface area contributed by atoms with Crippen LogP contribution in [0, 0.1) is 0 Å². The molecule has 0 heterocycles. The van der Waals surface area contributed by atoms with Gasteiger partial charge in [0.05, 0.1) is 0 Å². The third kappa shape index (κ3) is 1.11. The van der Waals surface area contributed by atoms with Crippen LogP contribution in [0.5, 0.6) is 0 Å². The molecule has 1 aliphatic rings. The van der Waals surface area contributed by atoms with Gasteiger partial charge in [-0.2, -0.15) is 0 Å². The molecular formula is C10H13N. The van der Waals surface area contributed by atoms with Crippen molar-refractivity contribution in [3.05, 3.63) is 29.3 Å². The number of hydrogen-bond acceptors (Lipinski definition) is 1. The fraction of sp³-hybridized carbons (Fsp3) is 0.400. The van der Waals surface area contributed by atoms with Crippen molar-refractivity contribution in [2.24, 2.45) is 0 Å². The van der Waals surface area contributed by atoms with E-state index in [4.69, 9.17) is 0 Å². The minimum Gasteiger partial charge on any atom is -0.388 e. The van der Waals surface area contributed by atoms with Crippen LogP contribution in [-0.2, 0) is 12.8 Å². The highest BCUT2D eigenvalue weighted by Gasteiger charge is 2.09. The Bertz CT molecular complexity index is 266. The van der Waals surface area contributed by atoms with E-state index in [1.165, 1.54) is 30.5 Å². The van der Waals surface area contributed by atoms with Crippen molar-refractivity contribution < 1.29 is 0 Å². The molecular weight excluding hydrogens is 134 g/mol. The molecule has 0 saturated carbocycles. The Morgan fingerprint density at radius 1 is 1.18 bits per heavy atom. The summed E-state index contributed by atoms with van der Waals surface area (Å²) in [4.78, 5) is 0. The number of aryl methyl sites for hydroxylation is 2. The topological polar surface area (TPSA) is 12.0 Å². The lowest BCUT2D eigenvalue weighted by atomic mass is 10.1. The molecule has 0 aromatic heterocycles. The predicted octanol–water partition coefficient (Wildman–Crippen LogP) is 2.22. The highest BCUT2D eigenvalue weighted by molar-refractivity contribution is 5.49. The zero-order chi connectivity index (χ0) is 7.68. The Hall–Kier alpha value is -0.980. The van der Waals surface area contributed by atoms with Crippen LogP contribution < -0.4 is 5.32 Å². The van der Waals surface area contributed by atoms with Crippen molar-refractivity contribution in [2.75, 3.05) is 12.4 Å². The molecule has 11 heavy (non-hydrogen) atoms. The van der Waals surface area contributed by atoms with Gasteiger partial charge in [0.1, 0.15) is 0 Å². The van der Waals surface area contributed by atoms with Crippen LogP contribution in [-0.4, -0.2) is 7.05 Å². The Balaban J connectivity index is 2.41. The Morgan fingerprint density at radius 3 is 2.82 bits per heavy atom. The number of fused-ring (bicyclic) bond motifs is 1. The van der Waals surface area contributed by atoms with E-state index in [2.05, 4.69) is 23.5 Å². The van der Waals surface area contributed by atoms with Crippen LogP contribution in [0.25, 0.3) is 0 Å². The van der Waals surface area contributed by atoms with Gasteiger partial charge in [0.2, 0.25) is 0 Å². The van der Waals surface area contributed by atoms with E-state index < -0.39 is 0 Å². The van der Waals surface area contributed by atoms with Gasteiger partial charge in [0.25, 0.3) is 0 Å². The molecule has 0 fully saturated rings. The van der Waals surface area contributed by atoms with E-state index in [0.717, 1.165) is 0 Å². The average molecular weight is 147 g/mol. The van der Waals surface area contributed by atoms with Gasteiger partial charge in [-0.3, -0.25) is 0 Å². The van der Waals surface area contributed by atoms with E-state index in [-0.39, 0.29) is 0 Å². The lowest BCUT2D eigenvalue weighted by Crippen LogP contribution is -1.89. The molecule has 0 bridgehead atoms. The summed E-state index contributed by atoms with van der Waals surface area (Å²) in [6, 6.07) is 6.67. The first kappa shape index (κ1) is 6.71. The number of hydrogen-bond donors (Lipinski definition) is 1. The summed E-state index contributed by atoms with van der Waals surface area (Å²) in [7, 11) is 1.97. The Morgan fingerprint density at radius 2 is 2.00 bits per heavy atom. The van der Waals surface area contributed by atoms with Gasteiger partial charge in [-0.15, -0.1) is 0 Å². The molecule has 1 aliphatic carbocycles. The Kier molecular flexibility index (Phi) is 1.57. The van der Waals surface area contributed by atoms with Gasteiger partial charge in [0.15, 0.2) is 0 Å². The smallest absolute Gasteiger partial charge is 0.0340 e. The molecule has 0 radical (unpaired) electrons. The second-order valence-corrected chi connectivity index (χ2v) is 3.09. The van der Waals surface area contributed by atoms with Gasteiger partial charge in [0, 0.05) is 12.7 Å². The van der Waals surface area contributed by atoms with Crippen molar-refractivity contribution in [2.45, 2.75) is 19.3 Å². The first-order valence-corrected chi connectivity index (χ1v) is 4.20. The van der Waals surface area contributed by atoms with Crippen LogP contribution in [0.3, 0.4) is 0 Å². The lowest BCUT2D eigenvalue weighted by Gasteiger charge is -2.02. The molecule has 0 unspecified atom stereocenters. The Labute approximate surface area is 67.4 Å². The maximum Gasteiger partial charge on any atom is 0.0340 e. The average Bonchev–Trinajstić information content (AvgIpc) is 2.50. The first-order chi connectivity index (χ1) is 5.40. The molecule has 1 aromatic rings. The molecule has 1 aromatic carbocycles. The van der Waals surface area contributed by atoms with Crippen molar-refractivity contribution in [1.29, 1.82) is 0 Å². The fourth-order valence-electron chi connectivity index (χ4n) is 1.73. The summed E-state index contributed by atoms with van der Waals surface area (Å²) >= 11 is 0. The summed E-state index contributed by atoms with van der Waals surface area (Å²) in [5.74, 6) is 0. The molecule has 0 saturated heterocycles. The predicted molar refractivity (Wildman–Crippen MR) is 48.0 cm³/mol. The summed E-state index contributed by atoms with van der Waals surface area (Å²) in [5, 5.41) is 3.16. The molecule has 1 heteroatoms. The van der Waals surface area contributed by atoms with E-state index in [9.17, 15) is 0 Å². The molecule has 0 aliphatic heterocycles. The monoisotopic (exact) mass is 147 g/mol. The van der Waals surface area contributed by atoms with E-state index >= 15 is 0 Å². The van der Waals surface area contributed by atoms with E-state index in [1.807, 2.05) is 7.05 Å². The van der Waals surface area contributed by atoms with E-state index in [1.54, 1.807) is 5.56 Å². The summed E-state index contributed by atoms with van der Waals surface area (Å²) in [5.41, 5.74) is 4.33. The van der Waals surface area contributed by atoms with Gasteiger partial charge < -0.3 is 5.32 Å². The molecule has 0 atom stereocenters. The second-order valence-electron chi connectivity index (χ2n) is 3.09.